The molecule has 1 aliphatic heterocycles. The molecule has 1 N–H and O–H groups in total. The van der Waals surface area contributed by atoms with Crippen molar-refractivity contribution in [3.05, 3.63) is 52.9 Å². The molecule has 0 aliphatic carbocycles. The highest BCUT2D eigenvalue weighted by Crippen LogP contribution is 2.17. The predicted octanol–water partition coefficient (Wildman–Crippen LogP) is 2.98. The topological polar surface area (TPSA) is 58.1 Å². The Bertz CT molecular complexity index is 671. The number of benzene rings is 1. The zero-order chi connectivity index (χ0) is 15.4. The Morgan fingerprint density at radius 2 is 2.00 bits per heavy atom. The number of amides is 1. The van der Waals surface area contributed by atoms with Crippen LogP contribution in [0.25, 0.3) is 0 Å². The SMILES string of the molecule is O=C(c1cc(NCc2ccccc2Cl)ncn1)N1CCCC1. The van der Waals surface area contributed by atoms with Crippen LogP contribution in [0, 0.1) is 0 Å². The zero-order valence-electron chi connectivity index (χ0n) is 12.1. The van der Waals surface area contributed by atoms with Gasteiger partial charge >= 0.3 is 0 Å². The third-order valence-electron chi connectivity index (χ3n) is 3.70. The second kappa shape index (κ2) is 6.75. The quantitative estimate of drug-likeness (QED) is 0.942. The van der Waals surface area contributed by atoms with Crippen molar-refractivity contribution >= 4 is 23.3 Å². The van der Waals surface area contributed by atoms with E-state index in [0.29, 0.717) is 23.1 Å². The molecule has 1 aromatic carbocycles. The van der Waals surface area contributed by atoms with Gasteiger partial charge in [-0.3, -0.25) is 4.79 Å². The summed E-state index contributed by atoms with van der Waals surface area (Å²) in [5.74, 6) is 0.596. The summed E-state index contributed by atoms with van der Waals surface area (Å²) in [4.78, 5) is 22.4. The highest BCUT2D eigenvalue weighted by Gasteiger charge is 2.20. The summed E-state index contributed by atoms with van der Waals surface area (Å²) in [6, 6.07) is 9.32. The Morgan fingerprint density at radius 3 is 2.77 bits per heavy atom. The highest BCUT2D eigenvalue weighted by atomic mass is 35.5. The summed E-state index contributed by atoms with van der Waals surface area (Å²) < 4.78 is 0. The summed E-state index contributed by atoms with van der Waals surface area (Å²) >= 11 is 6.12. The van der Waals surface area contributed by atoms with Gasteiger partial charge in [0.1, 0.15) is 17.8 Å². The first kappa shape index (κ1) is 14.8. The average molecular weight is 317 g/mol. The number of carbonyl (C=O) groups excluding carboxylic acids is 1. The molecule has 1 aromatic heterocycles. The van der Waals surface area contributed by atoms with E-state index in [0.717, 1.165) is 31.5 Å². The molecule has 6 heteroatoms. The maximum absolute atomic E-state index is 12.3. The van der Waals surface area contributed by atoms with E-state index in [9.17, 15) is 4.79 Å². The Hall–Kier alpha value is -2.14. The van der Waals surface area contributed by atoms with E-state index in [-0.39, 0.29) is 5.91 Å². The van der Waals surface area contributed by atoms with Gasteiger partial charge in [-0.25, -0.2) is 9.97 Å². The average Bonchev–Trinajstić information content (AvgIpc) is 3.08. The molecule has 0 radical (unpaired) electrons. The van der Waals surface area contributed by atoms with Crippen LogP contribution in [0.2, 0.25) is 5.02 Å². The van der Waals surface area contributed by atoms with Gasteiger partial charge in [-0.1, -0.05) is 29.8 Å². The van der Waals surface area contributed by atoms with Crippen molar-refractivity contribution in [3.8, 4) is 0 Å². The lowest BCUT2D eigenvalue weighted by Crippen LogP contribution is -2.28. The normalized spacial score (nSPS) is 14.1. The van der Waals surface area contributed by atoms with Crippen LogP contribution in [-0.2, 0) is 6.54 Å². The van der Waals surface area contributed by atoms with Crippen molar-refractivity contribution in [3.63, 3.8) is 0 Å². The molecule has 0 spiro atoms. The summed E-state index contributed by atoms with van der Waals surface area (Å²) in [6.45, 7) is 2.17. The van der Waals surface area contributed by atoms with Crippen LogP contribution in [-0.4, -0.2) is 33.9 Å². The van der Waals surface area contributed by atoms with Crippen molar-refractivity contribution in [1.82, 2.24) is 14.9 Å². The van der Waals surface area contributed by atoms with E-state index in [1.165, 1.54) is 6.33 Å². The second-order valence-electron chi connectivity index (χ2n) is 5.23. The molecule has 0 bridgehead atoms. The molecule has 0 atom stereocenters. The molecule has 1 amide bonds. The van der Waals surface area contributed by atoms with E-state index in [1.807, 2.05) is 29.2 Å². The van der Waals surface area contributed by atoms with Gasteiger partial charge in [0, 0.05) is 30.7 Å². The van der Waals surface area contributed by atoms with Gasteiger partial charge in [-0.15, -0.1) is 0 Å². The summed E-state index contributed by atoms with van der Waals surface area (Å²) in [6.07, 6.45) is 3.54. The van der Waals surface area contributed by atoms with E-state index >= 15 is 0 Å². The lowest BCUT2D eigenvalue weighted by atomic mass is 10.2. The number of nitrogens with one attached hydrogen (secondary N) is 1. The minimum Gasteiger partial charge on any atom is -0.366 e. The Labute approximate surface area is 134 Å². The van der Waals surface area contributed by atoms with E-state index < -0.39 is 0 Å². The number of hydrogen-bond donors (Lipinski definition) is 1. The first-order valence-corrected chi connectivity index (χ1v) is 7.70. The van der Waals surface area contributed by atoms with Gasteiger partial charge < -0.3 is 10.2 Å². The highest BCUT2D eigenvalue weighted by molar-refractivity contribution is 6.31. The van der Waals surface area contributed by atoms with Crippen LogP contribution >= 0.6 is 11.6 Å². The number of likely N-dealkylation sites (tertiary alicyclic amines) is 1. The van der Waals surface area contributed by atoms with Crippen molar-refractivity contribution < 1.29 is 4.79 Å². The van der Waals surface area contributed by atoms with E-state index in [1.54, 1.807) is 6.07 Å². The molecule has 1 aliphatic rings. The number of hydrogen-bond acceptors (Lipinski definition) is 4. The molecule has 0 saturated carbocycles. The molecule has 22 heavy (non-hydrogen) atoms. The number of halogens is 1. The Balaban J connectivity index is 1.68. The summed E-state index contributed by atoms with van der Waals surface area (Å²) in [7, 11) is 0. The van der Waals surface area contributed by atoms with Gasteiger partial charge in [0.2, 0.25) is 0 Å². The van der Waals surface area contributed by atoms with Gasteiger partial charge in [-0.05, 0) is 24.5 Å². The maximum Gasteiger partial charge on any atom is 0.272 e. The molecule has 2 aromatic rings. The van der Waals surface area contributed by atoms with Crippen LogP contribution < -0.4 is 5.32 Å². The Morgan fingerprint density at radius 1 is 1.23 bits per heavy atom. The second-order valence-corrected chi connectivity index (χ2v) is 5.64. The minimum atomic E-state index is -0.0271. The Kier molecular flexibility index (Phi) is 4.53. The fraction of sp³-hybridized carbons (Fsp3) is 0.312. The zero-order valence-corrected chi connectivity index (χ0v) is 12.9. The van der Waals surface area contributed by atoms with Gasteiger partial charge in [0.25, 0.3) is 5.91 Å². The van der Waals surface area contributed by atoms with Crippen molar-refractivity contribution in [2.75, 3.05) is 18.4 Å². The van der Waals surface area contributed by atoms with Crippen LogP contribution in [0.3, 0.4) is 0 Å². The summed E-state index contributed by atoms with van der Waals surface area (Å²) in [5, 5.41) is 3.89. The fourth-order valence-electron chi connectivity index (χ4n) is 2.48. The largest absolute Gasteiger partial charge is 0.366 e. The van der Waals surface area contributed by atoms with Crippen LogP contribution in [0.4, 0.5) is 5.82 Å². The van der Waals surface area contributed by atoms with Crippen molar-refractivity contribution in [1.29, 1.82) is 0 Å². The predicted molar refractivity (Wildman–Crippen MR) is 85.9 cm³/mol. The van der Waals surface area contributed by atoms with Crippen molar-refractivity contribution in [2.24, 2.45) is 0 Å². The lowest BCUT2D eigenvalue weighted by Gasteiger charge is -2.15. The van der Waals surface area contributed by atoms with Crippen molar-refractivity contribution in [2.45, 2.75) is 19.4 Å². The number of nitrogens with zero attached hydrogens (tertiary/aromatic N) is 3. The fourth-order valence-corrected chi connectivity index (χ4v) is 2.68. The molecule has 114 valence electrons. The number of aromatic nitrogens is 2. The first-order chi connectivity index (χ1) is 10.7. The smallest absolute Gasteiger partial charge is 0.272 e. The monoisotopic (exact) mass is 316 g/mol. The van der Waals surface area contributed by atoms with Gasteiger partial charge in [-0.2, -0.15) is 0 Å². The number of rotatable bonds is 4. The molecule has 0 unspecified atom stereocenters. The number of carbonyl (C=O) groups is 1. The van der Waals surface area contributed by atoms with Crippen LogP contribution in [0.15, 0.2) is 36.7 Å². The molecule has 3 rings (SSSR count). The third-order valence-corrected chi connectivity index (χ3v) is 4.07. The standard InChI is InChI=1S/C16H17ClN4O/c17-13-6-2-1-5-12(13)10-18-15-9-14(19-11-20-15)16(22)21-7-3-4-8-21/h1-2,5-6,9,11H,3-4,7-8,10H2,(H,18,19,20). The maximum atomic E-state index is 12.3. The van der Waals surface area contributed by atoms with Crippen LogP contribution in [0.5, 0.6) is 0 Å². The molecule has 5 nitrogen and oxygen atoms in total. The lowest BCUT2D eigenvalue weighted by molar-refractivity contribution is 0.0787. The van der Waals surface area contributed by atoms with Gasteiger partial charge in [0.15, 0.2) is 0 Å². The number of anilines is 1. The van der Waals surface area contributed by atoms with Crippen LogP contribution in [0.1, 0.15) is 28.9 Å². The van der Waals surface area contributed by atoms with Gasteiger partial charge in [0.05, 0.1) is 0 Å². The molecular weight excluding hydrogens is 300 g/mol. The molecular formula is C16H17ClN4O. The summed E-state index contributed by atoms with van der Waals surface area (Å²) in [5.41, 5.74) is 1.41. The molecule has 1 saturated heterocycles. The molecule has 2 heterocycles. The first-order valence-electron chi connectivity index (χ1n) is 7.32. The minimum absolute atomic E-state index is 0.0271. The third kappa shape index (κ3) is 3.36. The van der Waals surface area contributed by atoms with E-state index in [4.69, 9.17) is 11.6 Å². The van der Waals surface area contributed by atoms with E-state index in [2.05, 4.69) is 15.3 Å². The molecule has 1 fully saturated rings.